The van der Waals surface area contributed by atoms with Crippen molar-refractivity contribution < 1.29 is 32.8 Å². The van der Waals surface area contributed by atoms with E-state index < -0.39 is 13.9 Å². The van der Waals surface area contributed by atoms with E-state index in [9.17, 15) is 14.3 Å². The number of carbonyl (C=O) groups excluding carboxylic acids is 1. The summed E-state index contributed by atoms with van der Waals surface area (Å²) in [7, 11) is -4.31. The number of allylic oxidation sites excluding steroid dienone is 22. The number of ether oxygens (including phenoxy) is 2. The Labute approximate surface area is 417 Å². The van der Waals surface area contributed by atoms with E-state index in [1.165, 1.54) is 57.8 Å². The Morgan fingerprint density at radius 1 is 0.441 bits per heavy atom. The fraction of sp³-hybridized carbons (Fsp3) is 0.610. The van der Waals surface area contributed by atoms with Crippen LogP contribution in [0.25, 0.3) is 0 Å². The fourth-order valence-corrected chi connectivity index (χ4v) is 7.50. The molecule has 0 fully saturated rings. The highest BCUT2D eigenvalue weighted by atomic mass is 31.2. The summed E-state index contributed by atoms with van der Waals surface area (Å²) in [6.07, 6.45) is 77.7. The fourth-order valence-electron chi connectivity index (χ4n) is 6.73. The Morgan fingerprint density at radius 3 is 1.16 bits per heavy atom. The molecule has 0 amide bonds. The molecular weight excluding hydrogens is 866 g/mol. The molecule has 0 heterocycles. The average Bonchev–Trinajstić information content (AvgIpc) is 3.33. The number of hydrogen-bond donors (Lipinski definition) is 2. The molecule has 0 aromatic carbocycles. The maximum absolute atomic E-state index is 12.7. The van der Waals surface area contributed by atoms with Crippen LogP contribution in [0.15, 0.2) is 134 Å². The Kier molecular flexibility index (Phi) is 51.9. The number of phosphoric ester groups is 1. The summed E-state index contributed by atoms with van der Waals surface area (Å²) < 4.78 is 33.6. The van der Waals surface area contributed by atoms with Crippen LogP contribution in [0.3, 0.4) is 0 Å². The molecule has 0 rings (SSSR count). The van der Waals surface area contributed by atoms with Gasteiger partial charge in [-0.1, -0.05) is 212 Å². The molecule has 0 saturated carbocycles. The number of esters is 1. The van der Waals surface area contributed by atoms with Gasteiger partial charge in [-0.25, -0.2) is 4.57 Å². The van der Waals surface area contributed by atoms with Gasteiger partial charge >= 0.3 is 13.8 Å². The number of carbonyl (C=O) groups is 1. The SMILES string of the molecule is CC/C=C\C/C=C\C/C=C\C/C=C\C/C=C\C/C=C\CCCCCCC(=O)OC(COCCCCCCCCCCCC/C=C\C/C=C\C/C=C\C/C=C\C/C=C\CC)COP(=O)(O)OCCN. The molecule has 0 aliphatic carbocycles. The highest BCUT2D eigenvalue weighted by molar-refractivity contribution is 7.47. The summed E-state index contributed by atoms with van der Waals surface area (Å²) in [6.45, 7) is 4.62. The van der Waals surface area contributed by atoms with Gasteiger partial charge in [0.2, 0.25) is 0 Å². The first-order valence-electron chi connectivity index (χ1n) is 26.7. The smallest absolute Gasteiger partial charge is 0.457 e. The van der Waals surface area contributed by atoms with Crippen molar-refractivity contribution in [2.75, 3.05) is 33.0 Å². The van der Waals surface area contributed by atoms with Gasteiger partial charge in [-0.2, -0.15) is 0 Å². The number of rotatable bonds is 49. The van der Waals surface area contributed by atoms with E-state index in [0.29, 0.717) is 6.61 Å². The zero-order valence-electron chi connectivity index (χ0n) is 43.0. The molecule has 0 aliphatic rings. The summed E-state index contributed by atoms with van der Waals surface area (Å²) in [5.74, 6) is -0.361. The summed E-state index contributed by atoms with van der Waals surface area (Å²) in [6, 6.07) is 0. The van der Waals surface area contributed by atoms with Gasteiger partial charge in [0, 0.05) is 19.6 Å². The first-order valence-corrected chi connectivity index (χ1v) is 28.2. The molecule has 0 saturated heterocycles. The molecule has 68 heavy (non-hydrogen) atoms. The Morgan fingerprint density at radius 2 is 0.779 bits per heavy atom. The van der Waals surface area contributed by atoms with Gasteiger partial charge in [0.05, 0.1) is 19.8 Å². The highest BCUT2D eigenvalue weighted by Crippen LogP contribution is 2.43. The summed E-state index contributed by atoms with van der Waals surface area (Å²) >= 11 is 0. The van der Waals surface area contributed by atoms with Crippen LogP contribution in [0.4, 0.5) is 0 Å². The largest absolute Gasteiger partial charge is 0.472 e. The van der Waals surface area contributed by atoms with E-state index in [4.69, 9.17) is 24.3 Å². The Bertz CT molecular complexity index is 1500. The molecule has 3 N–H and O–H groups in total. The average molecular weight is 964 g/mol. The monoisotopic (exact) mass is 964 g/mol. The number of phosphoric acid groups is 1. The molecule has 386 valence electrons. The van der Waals surface area contributed by atoms with Crippen LogP contribution in [0, 0.1) is 0 Å². The molecule has 9 heteroatoms. The van der Waals surface area contributed by atoms with Gasteiger partial charge < -0.3 is 20.1 Å². The van der Waals surface area contributed by atoms with E-state index in [-0.39, 0.29) is 38.8 Å². The van der Waals surface area contributed by atoms with Crippen molar-refractivity contribution in [2.45, 2.75) is 200 Å². The van der Waals surface area contributed by atoms with Gasteiger partial charge in [0.15, 0.2) is 0 Å². The molecule has 2 unspecified atom stereocenters. The summed E-state index contributed by atoms with van der Waals surface area (Å²) in [4.78, 5) is 22.6. The van der Waals surface area contributed by atoms with E-state index in [1.54, 1.807) is 0 Å². The third-order valence-electron chi connectivity index (χ3n) is 10.6. The van der Waals surface area contributed by atoms with Crippen LogP contribution in [0.1, 0.15) is 194 Å². The minimum atomic E-state index is -4.31. The molecular formula is C59H98NO7P. The second-order valence-electron chi connectivity index (χ2n) is 17.0. The first kappa shape index (κ1) is 64.6. The van der Waals surface area contributed by atoms with Gasteiger partial charge in [0.25, 0.3) is 0 Å². The van der Waals surface area contributed by atoms with Crippen LogP contribution < -0.4 is 5.73 Å². The molecule has 0 radical (unpaired) electrons. The Balaban J connectivity index is 4.04. The van der Waals surface area contributed by atoms with Crippen molar-refractivity contribution in [3.05, 3.63) is 134 Å². The normalized spacial score (nSPS) is 14.4. The standard InChI is InChI=1S/C59H98NO7P/c1-3-5-7-9-11-13-15-17-19-21-23-25-27-28-29-31-33-35-37-39-41-43-45-47-49-51-54-64-56-58(57-66-68(62,63)65-55-53-60)67-59(61)52-50-48-46-44-42-40-38-36-34-32-30-26-24-22-20-18-16-14-12-10-8-6-4-2/h5-8,11-14,17-20,23-26,28-29,32,34,38,40,58H,3-4,9-10,15-16,21-22,27,30-31,33,35-37,39,41-57,60H2,1-2H3,(H,62,63)/b7-5-,8-6-,13-11-,14-12-,19-17-,20-18-,25-23-,26-24-,29-28-,34-32-,40-38-. The van der Waals surface area contributed by atoms with Crippen molar-refractivity contribution in [3.63, 3.8) is 0 Å². The van der Waals surface area contributed by atoms with Crippen molar-refractivity contribution in [3.8, 4) is 0 Å². The van der Waals surface area contributed by atoms with E-state index in [1.807, 2.05) is 0 Å². The van der Waals surface area contributed by atoms with Gasteiger partial charge in [-0.3, -0.25) is 13.8 Å². The van der Waals surface area contributed by atoms with Crippen molar-refractivity contribution in [1.82, 2.24) is 0 Å². The summed E-state index contributed by atoms with van der Waals surface area (Å²) in [5.41, 5.74) is 5.39. The molecule has 0 aliphatic heterocycles. The van der Waals surface area contributed by atoms with E-state index >= 15 is 0 Å². The number of hydrogen-bond acceptors (Lipinski definition) is 7. The maximum Gasteiger partial charge on any atom is 0.472 e. The molecule has 0 bridgehead atoms. The van der Waals surface area contributed by atoms with Crippen LogP contribution in [0.5, 0.6) is 0 Å². The van der Waals surface area contributed by atoms with E-state index in [2.05, 4.69) is 148 Å². The zero-order chi connectivity index (χ0) is 49.4. The summed E-state index contributed by atoms with van der Waals surface area (Å²) in [5, 5.41) is 0. The topological polar surface area (TPSA) is 117 Å². The Hall–Kier alpha value is -3.36. The van der Waals surface area contributed by atoms with Crippen molar-refractivity contribution in [2.24, 2.45) is 5.73 Å². The quantitative estimate of drug-likeness (QED) is 0.0268. The predicted molar refractivity (Wildman–Crippen MR) is 293 cm³/mol. The van der Waals surface area contributed by atoms with Crippen LogP contribution >= 0.6 is 7.82 Å². The molecule has 0 aromatic heterocycles. The van der Waals surface area contributed by atoms with Crippen LogP contribution in [-0.2, 0) is 27.9 Å². The number of nitrogens with two attached hydrogens (primary N) is 1. The molecule has 2 atom stereocenters. The lowest BCUT2D eigenvalue weighted by Crippen LogP contribution is -2.28. The minimum absolute atomic E-state index is 0.0871. The van der Waals surface area contributed by atoms with Gasteiger partial charge in [-0.05, 0) is 109 Å². The second kappa shape index (κ2) is 54.6. The van der Waals surface area contributed by atoms with Crippen molar-refractivity contribution >= 4 is 13.8 Å². The second-order valence-corrected chi connectivity index (χ2v) is 18.4. The maximum atomic E-state index is 12.7. The van der Waals surface area contributed by atoms with E-state index in [0.717, 1.165) is 116 Å². The first-order chi connectivity index (χ1) is 33.4. The molecule has 0 spiro atoms. The lowest BCUT2D eigenvalue weighted by atomic mass is 10.1. The third-order valence-corrected chi connectivity index (χ3v) is 11.5. The minimum Gasteiger partial charge on any atom is -0.457 e. The lowest BCUT2D eigenvalue weighted by molar-refractivity contribution is -0.154. The zero-order valence-corrected chi connectivity index (χ0v) is 43.9. The highest BCUT2D eigenvalue weighted by Gasteiger charge is 2.25. The van der Waals surface area contributed by atoms with Crippen LogP contribution in [-0.4, -0.2) is 49.9 Å². The van der Waals surface area contributed by atoms with Gasteiger partial charge in [-0.15, -0.1) is 0 Å². The van der Waals surface area contributed by atoms with Crippen molar-refractivity contribution in [1.29, 1.82) is 0 Å². The third kappa shape index (κ3) is 53.6. The molecule has 0 aromatic rings. The van der Waals surface area contributed by atoms with Gasteiger partial charge in [0.1, 0.15) is 6.10 Å². The number of unbranched alkanes of at least 4 members (excludes halogenated alkanes) is 14. The predicted octanol–water partition coefficient (Wildman–Crippen LogP) is 17.1. The van der Waals surface area contributed by atoms with Crippen LogP contribution in [0.2, 0.25) is 0 Å². The molecule has 8 nitrogen and oxygen atoms in total. The lowest BCUT2D eigenvalue weighted by Gasteiger charge is -2.20.